The summed E-state index contributed by atoms with van der Waals surface area (Å²) in [5.74, 6) is -0.254. The van der Waals surface area contributed by atoms with Crippen molar-refractivity contribution >= 4 is 44.9 Å². The van der Waals surface area contributed by atoms with E-state index in [0.717, 1.165) is 24.1 Å². The van der Waals surface area contributed by atoms with Gasteiger partial charge in [-0.2, -0.15) is 15.2 Å². The number of nitrogens with one attached hydrogen (secondary N) is 2. The summed E-state index contributed by atoms with van der Waals surface area (Å²) in [6, 6.07) is 4.39. The molecule has 10 nitrogen and oxygen atoms in total. The zero-order valence-electron chi connectivity index (χ0n) is 22.8. The van der Waals surface area contributed by atoms with Gasteiger partial charge in [0.25, 0.3) is 0 Å². The fourth-order valence-corrected chi connectivity index (χ4v) is 5.44. The number of anilines is 4. The molecule has 4 aromatic rings. The zero-order chi connectivity index (χ0) is 28.8. The number of aromatic amines is 1. The fraction of sp³-hybridized carbons (Fsp3) is 0.385. The molecule has 0 bridgehead atoms. The molecule has 3 aromatic heterocycles. The molecule has 0 radical (unpaired) electrons. The average molecular weight is 589 g/mol. The van der Waals surface area contributed by atoms with Crippen molar-refractivity contribution in [3.8, 4) is 11.3 Å². The Hall–Kier alpha value is -3.52. The lowest BCUT2D eigenvalue weighted by Gasteiger charge is -2.22. The maximum absolute atomic E-state index is 15.1. The van der Waals surface area contributed by atoms with Gasteiger partial charge < -0.3 is 10.2 Å². The zero-order valence-corrected chi connectivity index (χ0v) is 24.4. The number of rotatable bonds is 10. The van der Waals surface area contributed by atoms with Gasteiger partial charge in [0.15, 0.2) is 17.5 Å². The van der Waals surface area contributed by atoms with E-state index in [4.69, 9.17) is 9.97 Å². The Morgan fingerprint density at radius 2 is 1.88 bits per heavy atom. The summed E-state index contributed by atoms with van der Waals surface area (Å²) in [6.45, 7) is 3.88. The molecule has 0 saturated heterocycles. The van der Waals surface area contributed by atoms with Crippen molar-refractivity contribution in [1.29, 1.82) is 0 Å². The molecule has 1 aromatic carbocycles. The second kappa shape index (κ2) is 10.8. The number of nitrogens with zero attached hydrogens (tertiary/aromatic N) is 6. The van der Waals surface area contributed by atoms with Crippen LogP contribution in [0, 0.1) is 25.5 Å². The van der Waals surface area contributed by atoms with Gasteiger partial charge in [-0.1, -0.05) is 0 Å². The molecular formula is C26H30F2N8O2S2. The predicted molar refractivity (Wildman–Crippen MR) is 152 cm³/mol. The Morgan fingerprint density at radius 3 is 2.45 bits per heavy atom. The van der Waals surface area contributed by atoms with E-state index in [-0.39, 0.29) is 29.9 Å². The average Bonchev–Trinajstić information content (AvgIpc) is 3.53. The van der Waals surface area contributed by atoms with Gasteiger partial charge in [0.05, 0.1) is 23.7 Å². The summed E-state index contributed by atoms with van der Waals surface area (Å²) in [4.78, 5) is 11.3. The van der Waals surface area contributed by atoms with E-state index in [1.54, 1.807) is 17.1 Å². The highest BCUT2D eigenvalue weighted by Gasteiger charge is 2.34. The van der Waals surface area contributed by atoms with Crippen molar-refractivity contribution in [2.24, 2.45) is 0 Å². The van der Waals surface area contributed by atoms with Crippen molar-refractivity contribution < 1.29 is 17.2 Å². The minimum absolute atomic E-state index is 0.0588. The number of halogens is 2. The van der Waals surface area contributed by atoms with Crippen molar-refractivity contribution in [2.45, 2.75) is 44.0 Å². The third kappa shape index (κ3) is 5.97. The Labute approximate surface area is 235 Å². The summed E-state index contributed by atoms with van der Waals surface area (Å²) in [5.41, 5.74) is 3.33. The first-order chi connectivity index (χ1) is 18.9. The molecule has 0 amide bonds. The maximum Gasteiger partial charge on any atom is 0.232 e. The van der Waals surface area contributed by atoms with Crippen molar-refractivity contribution in [2.75, 3.05) is 35.5 Å². The van der Waals surface area contributed by atoms with Crippen LogP contribution in [0.25, 0.3) is 11.3 Å². The molecule has 40 heavy (non-hydrogen) atoms. The lowest BCUT2D eigenvalue weighted by molar-refractivity contribution is 0.577. The number of sulfone groups is 1. The monoisotopic (exact) mass is 588 g/mol. The molecule has 1 aliphatic rings. The molecule has 1 aliphatic carbocycles. The van der Waals surface area contributed by atoms with E-state index in [9.17, 15) is 8.42 Å². The van der Waals surface area contributed by atoms with Gasteiger partial charge >= 0.3 is 0 Å². The van der Waals surface area contributed by atoms with Gasteiger partial charge in [-0.3, -0.25) is 9.78 Å². The van der Waals surface area contributed by atoms with E-state index < -0.39 is 21.5 Å². The molecule has 0 atom stereocenters. The number of aromatic nitrogens is 6. The summed E-state index contributed by atoms with van der Waals surface area (Å²) < 4.78 is 55.3. The highest BCUT2D eigenvalue weighted by Crippen LogP contribution is 2.48. The first-order valence-electron chi connectivity index (χ1n) is 12.6. The third-order valence-electron chi connectivity index (χ3n) is 6.63. The van der Waals surface area contributed by atoms with Crippen LogP contribution in [0.3, 0.4) is 0 Å². The smallest absolute Gasteiger partial charge is 0.232 e. The molecule has 1 saturated carbocycles. The molecule has 0 aliphatic heterocycles. The number of thioether (sulfide) groups is 1. The predicted octanol–water partition coefficient (Wildman–Crippen LogP) is 5.11. The number of hydrogen-bond donors (Lipinski definition) is 2. The van der Waals surface area contributed by atoms with Crippen LogP contribution in [-0.4, -0.2) is 63.7 Å². The molecule has 212 valence electrons. The second-order valence-corrected chi connectivity index (χ2v) is 13.1. The lowest BCUT2D eigenvalue weighted by atomic mass is 10.0. The summed E-state index contributed by atoms with van der Waals surface area (Å²) in [6.07, 6.45) is 6.55. The molecule has 14 heteroatoms. The summed E-state index contributed by atoms with van der Waals surface area (Å²) in [5, 5.41) is 15.0. The summed E-state index contributed by atoms with van der Waals surface area (Å²) in [7, 11) is -1.67. The van der Waals surface area contributed by atoms with Gasteiger partial charge in [-0.15, -0.1) is 11.8 Å². The molecule has 0 spiro atoms. The molecule has 2 N–H and O–H groups in total. The van der Waals surface area contributed by atoms with Crippen molar-refractivity contribution in [3.05, 3.63) is 53.0 Å². The van der Waals surface area contributed by atoms with Crippen LogP contribution in [0.15, 0.2) is 29.3 Å². The van der Waals surface area contributed by atoms with E-state index in [1.807, 2.05) is 19.9 Å². The minimum atomic E-state index is -3.19. The Balaban J connectivity index is 1.67. The van der Waals surface area contributed by atoms with Crippen LogP contribution in [-0.2, 0) is 16.4 Å². The standard InChI is InChI=1S/C26H30F2N8O2S2/c1-14-10-21(33-32-14)29-25-22(16-6-7-16)23(18-13-36(34-15(18)2)8-9-40(5,37)38)30-26(31-25)35(3)24-19(27)11-17(39-4)12-20(24)28/h10-13,16H,6-9H2,1-5H3,(H2,29,30,31,32,33). The largest absolute Gasteiger partial charge is 0.323 e. The third-order valence-corrected chi connectivity index (χ3v) is 8.26. The van der Waals surface area contributed by atoms with Gasteiger partial charge in [0, 0.05) is 47.3 Å². The van der Waals surface area contributed by atoms with E-state index >= 15 is 8.78 Å². The van der Waals surface area contributed by atoms with Crippen LogP contribution in [0.4, 0.5) is 32.1 Å². The fourth-order valence-electron chi connectivity index (χ4n) is 4.48. The minimum Gasteiger partial charge on any atom is -0.323 e. The van der Waals surface area contributed by atoms with Crippen molar-refractivity contribution in [1.82, 2.24) is 29.9 Å². The van der Waals surface area contributed by atoms with Crippen LogP contribution in [0.1, 0.15) is 35.7 Å². The van der Waals surface area contributed by atoms with Gasteiger partial charge in [-0.05, 0) is 51.0 Å². The van der Waals surface area contributed by atoms with Gasteiger partial charge in [-0.25, -0.2) is 22.2 Å². The van der Waals surface area contributed by atoms with Crippen molar-refractivity contribution in [3.63, 3.8) is 0 Å². The normalized spacial score (nSPS) is 13.6. The first-order valence-corrected chi connectivity index (χ1v) is 15.9. The van der Waals surface area contributed by atoms with Gasteiger partial charge in [0.2, 0.25) is 5.95 Å². The number of hydrogen-bond acceptors (Lipinski definition) is 9. The van der Waals surface area contributed by atoms with E-state index in [0.29, 0.717) is 33.5 Å². The first kappa shape index (κ1) is 28.0. The number of aryl methyl sites for hydroxylation is 3. The number of H-pyrrole nitrogens is 1. The van der Waals surface area contributed by atoms with Gasteiger partial charge in [0.1, 0.15) is 21.3 Å². The SMILES string of the molecule is CSc1cc(F)c(N(C)c2nc(Nc3cc(C)[nH]n3)c(C3CC3)c(-c3cn(CCS(C)(=O)=O)nc3C)n2)c(F)c1. The summed E-state index contributed by atoms with van der Waals surface area (Å²) >= 11 is 1.24. The van der Waals surface area contributed by atoms with Crippen LogP contribution in [0.2, 0.25) is 0 Å². The highest BCUT2D eigenvalue weighted by molar-refractivity contribution is 7.98. The highest BCUT2D eigenvalue weighted by atomic mass is 32.2. The molecule has 0 unspecified atom stereocenters. The Morgan fingerprint density at radius 1 is 1.18 bits per heavy atom. The van der Waals surface area contributed by atoms with Crippen LogP contribution in [0.5, 0.6) is 0 Å². The van der Waals surface area contributed by atoms with Crippen LogP contribution >= 0.6 is 11.8 Å². The number of benzene rings is 1. The molecular weight excluding hydrogens is 558 g/mol. The molecule has 3 heterocycles. The van der Waals surface area contributed by atoms with Crippen LogP contribution < -0.4 is 10.2 Å². The van der Waals surface area contributed by atoms with E-state index in [2.05, 4.69) is 20.6 Å². The topological polar surface area (TPSA) is 122 Å². The second-order valence-electron chi connectivity index (χ2n) is 9.99. The Kier molecular flexibility index (Phi) is 7.57. The maximum atomic E-state index is 15.1. The molecule has 5 rings (SSSR count). The quantitative estimate of drug-likeness (QED) is 0.243. The van der Waals surface area contributed by atoms with E-state index in [1.165, 1.54) is 42.1 Å². The lowest BCUT2D eigenvalue weighted by Crippen LogP contribution is -2.18. The molecule has 1 fully saturated rings. The Bertz CT molecular complexity index is 1660.